The number of hydrogen-bond acceptors (Lipinski definition) is 5. The van der Waals surface area contributed by atoms with E-state index in [0.29, 0.717) is 43.1 Å². The molecule has 1 heterocycles. The second-order valence-electron chi connectivity index (χ2n) is 6.27. The summed E-state index contributed by atoms with van der Waals surface area (Å²) >= 11 is 5.77. The molecule has 1 aliphatic heterocycles. The number of rotatable bonds is 5. The molecule has 1 saturated heterocycles. The van der Waals surface area contributed by atoms with Crippen molar-refractivity contribution < 1.29 is 19.2 Å². The van der Waals surface area contributed by atoms with Crippen LogP contribution in [0.2, 0.25) is 5.02 Å². The van der Waals surface area contributed by atoms with E-state index in [9.17, 15) is 19.7 Å². The van der Waals surface area contributed by atoms with Gasteiger partial charge in [-0.15, -0.1) is 0 Å². The lowest BCUT2D eigenvalue weighted by Crippen LogP contribution is -2.40. The summed E-state index contributed by atoms with van der Waals surface area (Å²) in [6.45, 7) is 2.18. The molecule has 0 spiro atoms. The molecule has 1 fully saturated rings. The van der Waals surface area contributed by atoms with Crippen molar-refractivity contribution in [3.63, 3.8) is 0 Å². The maximum atomic E-state index is 12.4. The Balaban J connectivity index is 1.60. The predicted octanol–water partition coefficient (Wildman–Crippen LogP) is 3.37. The van der Waals surface area contributed by atoms with Gasteiger partial charge in [0.15, 0.2) is 0 Å². The van der Waals surface area contributed by atoms with Crippen LogP contribution in [0.15, 0.2) is 48.5 Å². The molecule has 0 radical (unpaired) electrons. The summed E-state index contributed by atoms with van der Waals surface area (Å²) in [5, 5.41) is 13.6. The van der Waals surface area contributed by atoms with Crippen molar-refractivity contribution >= 4 is 40.9 Å². The van der Waals surface area contributed by atoms with Crippen molar-refractivity contribution in [2.24, 2.45) is 0 Å². The zero-order chi connectivity index (χ0) is 20.8. The summed E-state index contributed by atoms with van der Waals surface area (Å²) in [5.41, 5.74) is 1.31. The molecule has 3 rings (SSSR count). The lowest BCUT2D eigenvalue weighted by molar-refractivity contribution is -0.384. The molecular formula is C20H18ClN3O5. The molecule has 2 amide bonds. The Morgan fingerprint density at radius 2 is 1.83 bits per heavy atom. The number of nitrogens with zero attached hydrogens (tertiary/aromatic N) is 2. The number of morpholine rings is 1. The Morgan fingerprint density at radius 1 is 1.14 bits per heavy atom. The van der Waals surface area contributed by atoms with Crippen molar-refractivity contribution in [3.8, 4) is 0 Å². The average molecular weight is 416 g/mol. The van der Waals surface area contributed by atoms with Gasteiger partial charge in [0, 0.05) is 36.5 Å². The summed E-state index contributed by atoms with van der Waals surface area (Å²) in [6.07, 6.45) is 2.72. The number of carbonyl (C=O) groups is 2. The number of nitro benzene ring substituents is 1. The van der Waals surface area contributed by atoms with Gasteiger partial charge in [-0.3, -0.25) is 19.7 Å². The molecule has 8 nitrogen and oxygen atoms in total. The molecule has 0 atom stereocenters. The molecule has 1 aliphatic rings. The first kappa shape index (κ1) is 20.5. The van der Waals surface area contributed by atoms with Crippen molar-refractivity contribution in [2.75, 3.05) is 31.6 Å². The molecule has 0 bridgehead atoms. The normalized spacial score (nSPS) is 14.0. The van der Waals surface area contributed by atoms with Gasteiger partial charge in [-0.2, -0.15) is 0 Å². The molecular weight excluding hydrogens is 398 g/mol. The summed E-state index contributed by atoms with van der Waals surface area (Å²) in [6, 6.07) is 10.9. The van der Waals surface area contributed by atoms with E-state index in [1.165, 1.54) is 24.3 Å². The molecule has 2 aromatic carbocycles. The molecule has 0 aliphatic carbocycles. The van der Waals surface area contributed by atoms with Gasteiger partial charge in [0.05, 0.1) is 18.1 Å². The summed E-state index contributed by atoms with van der Waals surface area (Å²) in [5.74, 6) is -0.481. The predicted molar refractivity (Wildman–Crippen MR) is 109 cm³/mol. The number of amides is 2. The standard InChI is InChI=1S/C20H18ClN3O5/c21-17-7-1-14(13-18(17)24(27)28)2-8-19(25)22-16-5-3-15(4-6-16)20(26)23-9-11-29-12-10-23/h1-8,13H,9-12H2,(H,22,25)/b8-2+. The smallest absolute Gasteiger partial charge is 0.288 e. The first-order chi connectivity index (χ1) is 13.9. The molecule has 0 saturated carbocycles. The number of hydrogen-bond donors (Lipinski definition) is 1. The number of benzene rings is 2. The fourth-order valence-electron chi connectivity index (χ4n) is 2.77. The monoisotopic (exact) mass is 415 g/mol. The zero-order valence-electron chi connectivity index (χ0n) is 15.3. The van der Waals surface area contributed by atoms with Gasteiger partial charge in [-0.25, -0.2) is 0 Å². The van der Waals surface area contributed by atoms with Crippen LogP contribution in [-0.4, -0.2) is 47.9 Å². The Hall–Kier alpha value is -3.23. The van der Waals surface area contributed by atoms with Crippen LogP contribution in [0.4, 0.5) is 11.4 Å². The van der Waals surface area contributed by atoms with E-state index in [1.807, 2.05) is 0 Å². The van der Waals surface area contributed by atoms with Crippen molar-refractivity contribution in [2.45, 2.75) is 0 Å². The maximum Gasteiger partial charge on any atom is 0.288 e. The van der Waals surface area contributed by atoms with Crippen LogP contribution in [0.5, 0.6) is 0 Å². The lowest BCUT2D eigenvalue weighted by atomic mass is 10.1. The van der Waals surface area contributed by atoms with Gasteiger partial charge in [0.2, 0.25) is 5.91 Å². The highest BCUT2D eigenvalue weighted by molar-refractivity contribution is 6.32. The van der Waals surface area contributed by atoms with Gasteiger partial charge in [0.1, 0.15) is 5.02 Å². The second kappa shape index (κ2) is 9.31. The van der Waals surface area contributed by atoms with Crippen LogP contribution >= 0.6 is 11.6 Å². The summed E-state index contributed by atoms with van der Waals surface area (Å²) in [4.78, 5) is 36.6. The first-order valence-electron chi connectivity index (χ1n) is 8.84. The molecule has 1 N–H and O–H groups in total. The molecule has 0 aromatic heterocycles. The minimum atomic E-state index is -0.584. The highest BCUT2D eigenvalue weighted by Gasteiger charge is 2.18. The first-order valence-corrected chi connectivity index (χ1v) is 9.22. The van der Waals surface area contributed by atoms with E-state index in [0.717, 1.165) is 0 Å². The number of nitro groups is 1. The third-order valence-corrected chi connectivity index (χ3v) is 4.61. The largest absolute Gasteiger partial charge is 0.378 e. The molecule has 150 valence electrons. The Bertz CT molecular complexity index is 953. The topological polar surface area (TPSA) is 102 Å². The van der Waals surface area contributed by atoms with Gasteiger partial charge < -0.3 is 15.0 Å². The van der Waals surface area contributed by atoms with Gasteiger partial charge >= 0.3 is 0 Å². The Labute approximate surface area is 171 Å². The van der Waals surface area contributed by atoms with Crippen LogP contribution in [0.1, 0.15) is 15.9 Å². The number of carbonyl (C=O) groups excluding carboxylic acids is 2. The lowest BCUT2D eigenvalue weighted by Gasteiger charge is -2.26. The summed E-state index contributed by atoms with van der Waals surface area (Å²) in [7, 11) is 0. The van der Waals surface area contributed by atoms with E-state index in [1.54, 1.807) is 35.2 Å². The van der Waals surface area contributed by atoms with Crippen LogP contribution in [0, 0.1) is 10.1 Å². The third-order valence-electron chi connectivity index (χ3n) is 4.29. The van der Waals surface area contributed by atoms with Crippen LogP contribution in [0.25, 0.3) is 6.08 Å². The Morgan fingerprint density at radius 3 is 2.48 bits per heavy atom. The van der Waals surface area contributed by atoms with Crippen LogP contribution in [-0.2, 0) is 9.53 Å². The number of anilines is 1. The average Bonchev–Trinajstić information content (AvgIpc) is 2.73. The van der Waals surface area contributed by atoms with E-state index in [2.05, 4.69) is 5.32 Å². The van der Waals surface area contributed by atoms with Crippen molar-refractivity contribution in [3.05, 3.63) is 74.8 Å². The minimum absolute atomic E-state index is 0.0308. The van der Waals surface area contributed by atoms with Crippen molar-refractivity contribution in [1.82, 2.24) is 4.90 Å². The van der Waals surface area contributed by atoms with Crippen LogP contribution < -0.4 is 5.32 Å². The molecule has 29 heavy (non-hydrogen) atoms. The van der Waals surface area contributed by atoms with E-state index >= 15 is 0 Å². The summed E-state index contributed by atoms with van der Waals surface area (Å²) < 4.78 is 5.24. The number of halogens is 1. The highest BCUT2D eigenvalue weighted by atomic mass is 35.5. The SMILES string of the molecule is O=C(/C=C/c1ccc(Cl)c([N+](=O)[O-])c1)Nc1ccc(C(=O)N2CCOCC2)cc1. The fourth-order valence-corrected chi connectivity index (χ4v) is 2.96. The van der Waals surface area contributed by atoms with Gasteiger partial charge in [-0.1, -0.05) is 17.7 Å². The molecule has 0 unspecified atom stereocenters. The van der Waals surface area contributed by atoms with Crippen molar-refractivity contribution in [1.29, 1.82) is 0 Å². The zero-order valence-corrected chi connectivity index (χ0v) is 16.1. The van der Waals surface area contributed by atoms with Gasteiger partial charge in [-0.05, 0) is 42.0 Å². The minimum Gasteiger partial charge on any atom is -0.378 e. The maximum absolute atomic E-state index is 12.4. The number of nitrogens with one attached hydrogen (secondary N) is 1. The molecule has 2 aromatic rings. The number of ether oxygens (including phenoxy) is 1. The molecule has 9 heteroatoms. The quantitative estimate of drug-likeness (QED) is 0.458. The Kier molecular flexibility index (Phi) is 6.58. The van der Waals surface area contributed by atoms with Gasteiger partial charge in [0.25, 0.3) is 11.6 Å². The van der Waals surface area contributed by atoms with E-state index in [-0.39, 0.29) is 16.6 Å². The van der Waals surface area contributed by atoms with E-state index in [4.69, 9.17) is 16.3 Å². The second-order valence-corrected chi connectivity index (χ2v) is 6.68. The third kappa shape index (κ3) is 5.40. The van der Waals surface area contributed by atoms with Crippen LogP contribution in [0.3, 0.4) is 0 Å². The fraction of sp³-hybridized carbons (Fsp3) is 0.200. The van der Waals surface area contributed by atoms with E-state index < -0.39 is 10.8 Å². The highest BCUT2D eigenvalue weighted by Crippen LogP contribution is 2.25.